The second kappa shape index (κ2) is 10.1. The van der Waals surface area contributed by atoms with Gasteiger partial charge in [0, 0.05) is 5.69 Å². The Bertz CT molecular complexity index is 1000. The molecule has 2 aromatic heterocycles. The molecule has 3 rings (SSSR count). The lowest BCUT2D eigenvalue weighted by Gasteiger charge is -2.19. The first kappa shape index (κ1) is 21.7. The number of rotatable bonds is 8. The number of anilines is 1. The summed E-state index contributed by atoms with van der Waals surface area (Å²) in [6, 6.07) is 8.86. The van der Waals surface area contributed by atoms with E-state index in [0.29, 0.717) is 30.6 Å². The Morgan fingerprint density at radius 3 is 2.70 bits per heavy atom. The Hall–Kier alpha value is -3.04. The molecule has 158 valence electrons. The van der Waals surface area contributed by atoms with Gasteiger partial charge in [-0.3, -0.25) is 15.0 Å². The van der Waals surface area contributed by atoms with Crippen LogP contribution in [0.3, 0.4) is 0 Å². The lowest BCUT2D eigenvalue weighted by Crippen LogP contribution is -2.42. The molecule has 3 aromatic rings. The van der Waals surface area contributed by atoms with Crippen LogP contribution in [0.2, 0.25) is 0 Å². The zero-order chi connectivity index (χ0) is 21.5. The summed E-state index contributed by atoms with van der Waals surface area (Å²) in [4.78, 5) is 27.3. The highest BCUT2D eigenvalue weighted by atomic mass is 32.1. The van der Waals surface area contributed by atoms with Crippen LogP contribution in [0, 0.1) is 13.8 Å². The molecule has 0 saturated heterocycles. The molecule has 30 heavy (non-hydrogen) atoms. The van der Waals surface area contributed by atoms with Gasteiger partial charge in [0.05, 0.1) is 18.0 Å². The fourth-order valence-corrected chi connectivity index (χ4v) is 3.53. The van der Waals surface area contributed by atoms with Crippen molar-refractivity contribution in [3.8, 4) is 10.8 Å². The van der Waals surface area contributed by atoms with E-state index in [4.69, 9.17) is 4.42 Å². The standard InChI is InChI=1S/C21H25N5O3S/c1-4-9-26(13-19-24-25-20(29-19)17-6-5-10-30-17)12-18(27)23-21(28)22-16-8-7-14(2)15(3)11-16/h5-8,10-11H,4,9,12-13H2,1-3H3,(H2,22,23,27,28). The summed E-state index contributed by atoms with van der Waals surface area (Å²) >= 11 is 1.52. The summed E-state index contributed by atoms with van der Waals surface area (Å²) in [7, 11) is 0. The van der Waals surface area contributed by atoms with Crippen molar-refractivity contribution >= 4 is 29.0 Å². The van der Waals surface area contributed by atoms with E-state index < -0.39 is 11.9 Å². The van der Waals surface area contributed by atoms with E-state index in [9.17, 15) is 9.59 Å². The second-order valence-electron chi connectivity index (χ2n) is 6.99. The SMILES string of the molecule is CCCN(CC(=O)NC(=O)Nc1ccc(C)c(C)c1)Cc1nnc(-c2cccs2)o1. The van der Waals surface area contributed by atoms with Crippen molar-refractivity contribution in [2.45, 2.75) is 33.7 Å². The van der Waals surface area contributed by atoms with Crippen LogP contribution in [-0.2, 0) is 11.3 Å². The fourth-order valence-electron chi connectivity index (χ4n) is 2.89. The molecule has 9 heteroatoms. The van der Waals surface area contributed by atoms with Crippen molar-refractivity contribution in [2.75, 3.05) is 18.4 Å². The number of hydrogen-bond acceptors (Lipinski definition) is 7. The molecular formula is C21H25N5O3S. The van der Waals surface area contributed by atoms with Crippen LogP contribution < -0.4 is 10.6 Å². The quantitative estimate of drug-likeness (QED) is 0.564. The Kier molecular flexibility index (Phi) is 7.31. The molecule has 0 aliphatic rings. The monoisotopic (exact) mass is 427 g/mol. The topological polar surface area (TPSA) is 100 Å². The van der Waals surface area contributed by atoms with Crippen LogP contribution in [0.5, 0.6) is 0 Å². The Labute approximate surface area is 179 Å². The van der Waals surface area contributed by atoms with Gasteiger partial charge < -0.3 is 9.73 Å². The van der Waals surface area contributed by atoms with E-state index in [1.807, 2.05) is 55.3 Å². The fraction of sp³-hybridized carbons (Fsp3) is 0.333. The predicted octanol–water partition coefficient (Wildman–Crippen LogP) is 3.98. The minimum Gasteiger partial charge on any atom is -0.419 e. The molecule has 0 unspecified atom stereocenters. The van der Waals surface area contributed by atoms with Crippen molar-refractivity contribution in [3.05, 3.63) is 52.7 Å². The molecular weight excluding hydrogens is 402 g/mol. The average molecular weight is 428 g/mol. The smallest absolute Gasteiger partial charge is 0.325 e. The number of carbonyl (C=O) groups excluding carboxylic acids is 2. The summed E-state index contributed by atoms with van der Waals surface area (Å²) < 4.78 is 5.70. The Morgan fingerprint density at radius 2 is 2.00 bits per heavy atom. The van der Waals surface area contributed by atoms with E-state index >= 15 is 0 Å². The number of aromatic nitrogens is 2. The van der Waals surface area contributed by atoms with Gasteiger partial charge in [-0.15, -0.1) is 21.5 Å². The van der Waals surface area contributed by atoms with Crippen molar-refractivity contribution in [2.24, 2.45) is 0 Å². The third kappa shape index (κ3) is 5.98. The van der Waals surface area contributed by atoms with E-state index in [1.54, 1.807) is 6.07 Å². The maximum absolute atomic E-state index is 12.4. The van der Waals surface area contributed by atoms with Crippen molar-refractivity contribution in [1.29, 1.82) is 0 Å². The third-order valence-corrected chi connectivity index (χ3v) is 5.34. The number of nitrogens with one attached hydrogen (secondary N) is 2. The Balaban J connectivity index is 1.54. The first-order valence-electron chi connectivity index (χ1n) is 9.71. The van der Waals surface area contributed by atoms with Crippen LogP contribution in [0.25, 0.3) is 10.8 Å². The average Bonchev–Trinajstić information content (AvgIpc) is 3.36. The van der Waals surface area contributed by atoms with Gasteiger partial charge >= 0.3 is 6.03 Å². The van der Waals surface area contributed by atoms with Crippen LogP contribution in [0.4, 0.5) is 10.5 Å². The van der Waals surface area contributed by atoms with Crippen molar-refractivity contribution < 1.29 is 14.0 Å². The van der Waals surface area contributed by atoms with Crippen LogP contribution in [0.1, 0.15) is 30.4 Å². The molecule has 0 fully saturated rings. The third-order valence-electron chi connectivity index (χ3n) is 4.48. The van der Waals surface area contributed by atoms with Crippen LogP contribution in [0.15, 0.2) is 40.1 Å². The lowest BCUT2D eigenvalue weighted by molar-refractivity contribution is -0.121. The van der Waals surface area contributed by atoms with Crippen LogP contribution in [-0.4, -0.2) is 40.1 Å². The first-order valence-corrected chi connectivity index (χ1v) is 10.6. The van der Waals surface area contributed by atoms with Gasteiger partial charge in [0.15, 0.2) is 0 Å². The van der Waals surface area contributed by atoms with E-state index in [-0.39, 0.29) is 6.54 Å². The molecule has 0 aliphatic carbocycles. The minimum atomic E-state index is -0.558. The van der Waals surface area contributed by atoms with Gasteiger partial charge in [0.25, 0.3) is 5.89 Å². The predicted molar refractivity (Wildman–Crippen MR) is 116 cm³/mol. The molecule has 0 atom stereocenters. The Morgan fingerprint density at radius 1 is 1.17 bits per heavy atom. The number of hydrogen-bond donors (Lipinski definition) is 2. The molecule has 3 amide bonds. The zero-order valence-electron chi connectivity index (χ0n) is 17.3. The molecule has 8 nitrogen and oxygen atoms in total. The van der Waals surface area contributed by atoms with Gasteiger partial charge in [-0.1, -0.05) is 19.1 Å². The molecule has 2 N–H and O–H groups in total. The first-order chi connectivity index (χ1) is 14.4. The highest BCUT2D eigenvalue weighted by Gasteiger charge is 2.17. The molecule has 0 aliphatic heterocycles. The molecule has 0 bridgehead atoms. The maximum Gasteiger partial charge on any atom is 0.325 e. The molecule has 0 radical (unpaired) electrons. The van der Waals surface area contributed by atoms with Gasteiger partial charge in [0.2, 0.25) is 11.8 Å². The summed E-state index contributed by atoms with van der Waals surface area (Å²) in [5.74, 6) is 0.496. The van der Waals surface area contributed by atoms with Gasteiger partial charge in [-0.25, -0.2) is 4.79 Å². The summed E-state index contributed by atoms with van der Waals surface area (Å²) in [6.07, 6.45) is 0.841. The minimum absolute atomic E-state index is 0.0465. The number of urea groups is 1. The molecule has 0 saturated carbocycles. The largest absolute Gasteiger partial charge is 0.419 e. The highest BCUT2D eigenvalue weighted by Crippen LogP contribution is 2.23. The number of aryl methyl sites for hydroxylation is 2. The van der Waals surface area contributed by atoms with Crippen molar-refractivity contribution in [3.63, 3.8) is 0 Å². The van der Waals surface area contributed by atoms with Crippen LogP contribution >= 0.6 is 11.3 Å². The highest BCUT2D eigenvalue weighted by molar-refractivity contribution is 7.13. The lowest BCUT2D eigenvalue weighted by atomic mass is 10.1. The summed E-state index contributed by atoms with van der Waals surface area (Å²) in [5, 5.41) is 15.1. The molecule has 0 spiro atoms. The number of benzene rings is 1. The van der Waals surface area contributed by atoms with E-state index in [2.05, 4.69) is 20.8 Å². The number of carbonyl (C=O) groups is 2. The number of amides is 3. The van der Waals surface area contributed by atoms with E-state index in [1.165, 1.54) is 11.3 Å². The number of nitrogens with zero attached hydrogens (tertiary/aromatic N) is 3. The summed E-state index contributed by atoms with van der Waals surface area (Å²) in [6.45, 7) is 7.01. The second-order valence-corrected chi connectivity index (χ2v) is 7.94. The number of thiophene rings is 1. The maximum atomic E-state index is 12.4. The van der Waals surface area contributed by atoms with Gasteiger partial charge in [-0.05, 0) is 61.5 Å². The number of imide groups is 1. The zero-order valence-corrected chi connectivity index (χ0v) is 18.1. The molecule has 2 heterocycles. The normalized spacial score (nSPS) is 10.9. The van der Waals surface area contributed by atoms with Crippen molar-refractivity contribution in [1.82, 2.24) is 20.4 Å². The van der Waals surface area contributed by atoms with E-state index in [0.717, 1.165) is 22.4 Å². The van der Waals surface area contributed by atoms with Gasteiger partial charge in [-0.2, -0.15) is 0 Å². The summed E-state index contributed by atoms with van der Waals surface area (Å²) in [5.41, 5.74) is 2.84. The van der Waals surface area contributed by atoms with Gasteiger partial charge in [0.1, 0.15) is 0 Å². The molecule has 1 aromatic carbocycles.